The zero-order valence-corrected chi connectivity index (χ0v) is 16.3. The predicted molar refractivity (Wildman–Crippen MR) is 107 cm³/mol. The molecule has 0 aliphatic carbocycles. The van der Waals surface area contributed by atoms with Crippen LogP contribution in [0.1, 0.15) is 24.0 Å². The van der Waals surface area contributed by atoms with E-state index in [1.54, 1.807) is 13.3 Å². The van der Waals surface area contributed by atoms with Crippen LogP contribution in [0.25, 0.3) is 0 Å². The topological polar surface area (TPSA) is 63.7 Å². The number of carbonyl (C=O) groups excluding carboxylic acids is 1. The maximum atomic E-state index is 12.7. The lowest BCUT2D eigenvalue weighted by Crippen LogP contribution is -2.51. The van der Waals surface area contributed by atoms with Crippen molar-refractivity contribution in [2.45, 2.75) is 31.7 Å². The van der Waals surface area contributed by atoms with E-state index in [1.165, 1.54) is 5.56 Å². The molecule has 1 aromatic carbocycles. The number of ether oxygens (including phenoxy) is 2. The molecule has 6 nitrogen and oxygen atoms in total. The first-order chi connectivity index (χ1) is 13.7. The van der Waals surface area contributed by atoms with Gasteiger partial charge in [-0.1, -0.05) is 18.2 Å². The molecule has 0 saturated carbocycles. The lowest BCUT2D eigenvalue weighted by molar-refractivity contribution is 0.158. The number of carbonyl (C=O) groups is 1. The number of methoxy groups -OCH3 is 1. The second-order valence-electron chi connectivity index (χ2n) is 7.61. The number of hydrogen-bond donors (Lipinski definition) is 1. The number of fused-ring (bicyclic) bond motifs is 1. The van der Waals surface area contributed by atoms with E-state index in [0.29, 0.717) is 12.5 Å². The molecule has 1 N–H and O–H groups in total. The third kappa shape index (κ3) is 4.21. The number of nitrogens with zero attached hydrogens (tertiary/aromatic N) is 2. The van der Waals surface area contributed by atoms with Crippen LogP contribution in [0.15, 0.2) is 42.7 Å². The summed E-state index contributed by atoms with van der Waals surface area (Å²) in [5, 5.41) is 3.14. The highest BCUT2D eigenvalue weighted by atomic mass is 16.5. The number of nitrogens with one attached hydrogen (secondary N) is 1. The number of para-hydroxylation sites is 1. The minimum Gasteiger partial charge on any atom is -0.493 e. The number of rotatable bonds is 4. The second-order valence-corrected chi connectivity index (χ2v) is 7.61. The van der Waals surface area contributed by atoms with Crippen LogP contribution in [0, 0.1) is 5.92 Å². The van der Waals surface area contributed by atoms with Crippen LogP contribution in [0.5, 0.6) is 11.5 Å². The SMILES string of the molecule is COc1cccc2c1OC[C@@H](NC(=O)N1CCC(Cc3cccnc3)CC1)C2. The lowest BCUT2D eigenvalue weighted by atomic mass is 9.91. The van der Waals surface area contributed by atoms with E-state index in [4.69, 9.17) is 9.47 Å². The van der Waals surface area contributed by atoms with Crippen LogP contribution >= 0.6 is 0 Å². The molecule has 1 atom stereocenters. The van der Waals surface area contributed by atoms with Crippen LogP contribution in [0.2, 0.25) is 0 Å². The summed E-state index contributed by atoms with van der Waals surface area (Å²) in [6, 6.07) is 9.99. The first kappa shape index (κ1) is 18.6. The highest BCUT2D eigenvalue weighted by Crippen LogP contribution is 2.34. The van der Waals surface area contributed by atoms with E-state index in [0.717, 1.165) is 55.8 Å². The molecule has 0 bridgehead atoms. The Bertz CT molecular complexity index is 804. The molecule has 2 amide bonds. The largest absolute Gasteiger partial charge is 0.493 e. The number of pyridine rings is 1. The van der Waals surface area contributed by atoms with Gasteiger partial charge in [-0.3, -0.25) is 4.98 Å². The Morgan fingerprint density at radius 3 is 2.89 bits per heavy atom. The first-order valence-electron chi connectivity index (χ1n) is 9.96. The molecule has 0 radical (unpaired) electrons. The van der Waals surface area contributed by atoms with Crippen molar-refractivity contribution in [3.05, 3.63) is 53.9 Å². The maximum Gasteiger partial charge on any atom is 0.317 e. The van der Waals surface area contributed by atoms with E-state index in [2.05, 4.69) is 16.4 Å². The van der Waals surface area contributed by atoms with Gasteiger partial charge in [-0.15, -0.1) is 0 Å². The number of benzene rings is 1. The molecule has 0 spiro atoms. The van der Waals surface area contributed by atoms with Gasteiger partial charge in [-0.2, -0.15) is 0 Å². The molecular formula is C22H27N3O3. The van der Waals surface area contributed by atoms with Crippen LogP contribution in [-0.4, -0.2) is 48.8 Å². The van der Waals surface area contributed by atoms with E-state index in [9.17, 15) is 4.79 Å². The molecule has 2 aliphatic rings. The Balaban J connectivity index is 1.27. The summed E-state index contributed by atoms with van der Waals surface area (Å²) in [5.74, 6) is 2.16. The maximum absolute atomic E-state index is 12.7. The van der Waals surface area contributed by atoms with Gasteiger partial charge < -0.3 is 19.7 Å². The fourth-order valence-corrected chi connectivity index (χ4v) is 4.11. The Hall–Kier alpha value is -2.76. The van der Waals surface area contributed by atoms with Crippen molar-refractivity contribution < 1.29 is 14.3 Å². The molecule has 4 rings (SSSR count). The molecule has 3 heterocycles. The zero-order chi connectivity index (χ0) is 19.3. The van der Waals surface area contributed by atoms with Crippen molar-refractivity contribution in [2.24, 2.45) is 5.92 Å². The number of amides is 2. The number of likely N-dealkylation sites (tertiary alicyclic amines) is 1. The van der Waals surface area contributed by atoms with Gasteiger partial charge in [0, 0.05) is 31.0 Å². The summed E-state index contributed by atoms with van der Waals surface area (Å²) >= 11 is 0. The Morgan fingerprint density at radius 2 is 2.14 bits per heavy atom. The Kier molecular flexibility index (Phi) is 5.65. The average Bonchev–Trinajstić information content (AvgIpc) is 2.74. The van der Waals surface area contributed by atoms with Gasteiger partial charge in [0.2, 0.25) is 0 Å². The van der Waals surface area contributed by atoms with E-state index in [-0.39, 0.29) is 12.1 Å². The van der Waals surface area contributed by atoms with Crippen molar-refractivity contribution in [3.8, 4) is 11.5 Å². The Labute approximate surface area is 165 Å². The van der Waals surface area contributed by atoms with Crippen LogP contribution in [0.4, 0.5) is 4.79 Å². The van der Waals surface area contributed by atoms with Gasteiger partial charge >= 0.3 is 6.03 Å². The molecule has 2 aliphatic heterocycles. The summed E-state index contributed by atoms with van der Waals surface area (Å²) in [6.45, 7) is 2.07. The molecule has 1 aromatic heterocycles. The van der Waals surface area contributed by atoms with Gasteiger partial charge in [-0.05, 0) is 49.3 Å². The van der Waals surface area contributed by atoms with Crippen molar-refractivity contribution in [1.82, 2.24) is 15.2 Å². The average molecular weight is 381 g/mol. The molecule has 1 fully saturated rings. The van der Waals surface area contributed by atoms with Crippen LogP contribution in [0.3, 0.4) is 0 Å². The minimum absolute atomic E-state index is 0.0137. The predicted octanol–water partition coefficient (Wildman–Crippen LogP) is 3.06. The summed E-state index contributed by atoms with van der Waals surface area (Å²) in [4.78, 5) is 18.8. The third-order valence-corrected chi connectivity index (χ3v) is 5.65. The van der Waals surface area contributed by atoms with Gasteiger partial charge in [-0.25, -0.2) is 4.79 Å². The molecule has 1 saturated heterocycles. The Morgan fingerprint density at radius 1 is 1.29 bits per heavy atom. The van der Waals surface area contributed by atoms with Crippen LogP contribution in [-0.2, 0) is 12.8 Å². The van der Waals surface area contributed by atoms with Gasteiger partial charge in [0.1, 0.15) is 6.61 Å². The third-order valence-electron chi connectivity index (χ3n) is 5.65. The summed E-state index contributed by atoms with van der Waals surface area (Å²) < 4.78 is 11.2. The quantitative estimate of drug-likeness (QED) is 0.884. The monoisotopic (exact) mass is 381 g/mol. The first-order valence-corrected chi connectivity index (χ1v) is 9.96. The van der Waals surface area contributed by atoms with Crippen molar-refractivity contribution in [2.75, 3.05) is 26.8 Å². The summed E-state index contributed by atoms with van der Waals surface area (Å²) in [7, 11) is 1.64. The molecule has 2 aromatic rings. The van der Waals surface area contributed by atoms with Gasteiger partial charge in [0.05, 0.1) is 13.2 Å². The van der Waals surface area contributed by atoms with Crippen molar-refractivity contribution in [1.29, 1.82) is 0 Å². The molecule has 6 heteroatoms. The minimum atomic E-state index is -0.0137. The van der Waals surface area contributed by atoms with Gasteiger partial charge in [0.15, 0.2) is 11.5 Å². The zero-order valence-electron chi connectivity index (χ0n) is 16.3. The fourth-order valence-electron chi connectivity index (χ4n) is 4.11. The van der Waals surface area contributed by atoms with E-state index in [1.807, 2.05) is 35.4 Å². The normalized spacial score (nSPS) is 19.5. The number of urea groups is 1. The van der Waals surface area contributed by atoms with E-state index >= 15 is 0 Å². The second kappa shape index (κ2) is 8.50. The number of piperidine rings is 1. The smallest absolute Gasteiger partial charge is 0.317 e. The highest BCUT2D eigenvalue weighted by Gasteiger charge is 2.27. The molecule has 28 heavy (non-hydrogen) atoms. The fraction of sp³-hybridized carbons (Fsp3) is 0.455. The van der Waals surface area contributed by atoms with E-state index < -0.39 is 0 Å². The number of aromatic nitrogens is 1. The van der Waals surface area contributed by atoms with Crippen LogP contribution < -0.4 is 14.8 Å². The molecular weight excluding hydrogens is 354 g/mol. The summed E-state index contributed by atoms with van der Waals surface area (Å²) in [6.07, 6.45) is 7.61. The highest BCUT2D eigenvalue weighted by molar-refractivity contribution is 5.74. The van der Waals surface area contributed by atoms with Crippen molar-refractivity contribution in [3.63, 3.8) is 0 Å². The molecule has 0 unspecified atom stereocenters. The summed E-state index contributed by atoms with van der Waals surface area (Å²) in [5.41, 5.74) is 2.35. The standard InChI is InChI=1S/C22H27N3O3/c1-27-20-6-2-5-18-13-19(15-28-21(18)20)24-22(26)25-10-7-16(8-11-25)12-17-4-3-9-23-14-17/h2-6,9,14,16,19H,7-8,10-13,15H2,1H3,(H,24,26)/t19-/m0/s1. The number of hydrogen-bond acceptors (Lipinski definition) is 4. The lowest BCUT2D eigenvalue weighted by Gasteiger charge is -2.34. The van der Waals surface area contributed by atoms with Crippen molar-refractivity contribution >= 4 is 6.03 Å². The van der Waals surface area contributed by atoms with Gasteiger partial charge in [0.25, 0.3) is 0 Å². The molecule has 148 valence electrons.